The van der Waals surface area contributed by atoms with E-state index in [1.54, 1.807) is 0 Å². The fourth-order valence-corrected chi connectivity index (χ4v) is 14.7. The molecule has 61 heavy (non-hydrogen) atoms. The second kappa shape index (κ2) is 15.0. The third kappa shape index (κ3) is 6.04. The van der Waals surface area contributed by atoms with Crippen LogP contribution in [0.4, 0.5) is 0 Å². The molecule has 0 radical (unpaired) electrons. The molecule has 11 rings (SSSR count). The van der Waals surface area contributed by atoms with Crippen LogP contribution in [0.2, 0.25) is 0 Å². The number of aryl methyl sites for hydroxylation is 2. The van der Waals surface area contributed by atoms with E-state index in [9.17, 15) is 0 Å². The summed E-state index contributed by atoms with van der Waals surface area (Å²) in [7, 11) is -2.65. The molecule has 0 aliphatic carbocycles. The lowest BCUT2D eigenvalue weighted by Gasteiger charge is -2.34. The number of rotatable bonds is 8. The van der Waals surface area contributed by atoms with Gasteiger partial charge in [-0.05, 0) is 118 Å². The van der Waals surface area contributed by atoms with Crippen molar-refractivity contribution in [2.45, 2.75) is 20.3 Å². The molecule has 0 atom stereocenters. The Labute approximate surface area is 358 Å². The van der Waals surface area contributed by atoms with Gasteiger partial charge in [0.2, 0.25) is 0 Å². The molecule has 10 aromatic carbocycles. The minimum Gasteiger partial charge on any atom is -0.296 e. The van der Waals surface area contributed by atoms with E-state index < -0.39 is 8.07 Å². The normalized spacial score (nSPS) is 11.8. The van der Waals surface area contributed by atoms with Crippen LogP contribution in [0, 0.1) is 6.92 Å². The van der Waals surface area contributed by atoms with Crippen molar-refractivity contribution in [3.8, 4) is 27.9 Å². The lowest BCUT2D eigenvalue weighted by atomic mass is 9.85. The predicted octanol–water partition coefficient (Wildman–Crippen LogP) is 12.1. The number of aromatic nitrogens is 2. The molecule has 0 spiro atoms. The van der Waals surface area contributed by atoms with Gasteiger partial charge >= 0.3 is 0 Å². The van der Waals surface area contributed by atoms with E-state index in [-0.39, 0.29) is 0 Å². The van der Waals surface area contributed by atoms with E-state index >= 15 is 0 Å². The van der Waals surface area contributed by atoms with Gasteiger partial charge < -0.3 is 0 Å². The third-order valence-electron chi connectivity index (χ3n) is 12.7. The van der Waals surface area contributed by atoms with E-state index in [1.807, 2.05) is 0 Å². The van der Waals surface area contributed by atoms with Crippen molar-refractivity contribution < 1.29 is 0 Å². The fraction of sp³-hybridized carbons (Fsp3) is 0.0517. The zero-order valence-electron chi connectivity index (χ0n) is 34.4. The number of fused-ring (bicyclic) bond motifs is 4. The summed E-state index contributed by atoms with van der Waals surface area (Å²) >= 11 is 0. The van der Waals surface area contributed by atoms with Crippen molar-refractivity contribution in [1.29, 1.82) is 0 Å². The molecule has 11 aromatic rings. The minimum atomic E-state index is -2.65. The summed E-state index contributed by atoms with van der Waals surface area (Å²) in [4.78, 5) is 4.99. The molecule has 2 nitrogen and oxygen atoms in total. The number of benzene rings is 10. The monoisotopic (exact) mass is 796 g/mol. The van der Waals surface area contributed by atoms with Crippen molar-refractivity contribution in [3.63, 3.8) is 0 Å². The molecule has 1 heterocycles. The molecular weight excluding hydrogens is 753 g/mol. The van der Waals surface area contributed by atoms with Gasteiger partial charge in [0.05, 0.1) is 11.0 Å². The molecule has 3 heteroatoms. The van der Waals surface area contributed by atoms with Crippen LogP contribution in [0.15, 0.2) is 218 Å². The summed E-state index contributed by atoms with van der Waals surface area (Å²) in [5.41, 5.74) is 9.56. The van der Waals surface area contributed by atoms with Crippen molar-refractivity contribution in [2.24, 2.45) is 0 Å². The van der Waals surface area contributed by atoms with Crippen LogP contribution in [0.3, 0.4) is 0 Å². The van der Waals surface area contributed by atoms with Crippen molar-refractivity contribution in [2.75, 3.05) is 0 Å². The SMILES string of the molecule is CCc1nc2ccc(C)cc2n1-c1ccc2cc(-c3c4ccccc4c(-c4ccc([Si](c5ccccc5)(c5ccccc5)c5ccccc5)cc4)c4ccccc34)ccc2c1. The molecule has 0 fully saturated rings. The summed E-state index contributed by atoms with van der Waals surface area (Å²) < 4.78 is 2.33. The van der Waals surface area contributed by atoms with Crippen LogP contribution in [-0.4, -0.2) is 17.6 Å². The first kappa shape index (κ1) is 36.7. The number of hydrogen-bond acceptors (Lipinski definition) is 1. The van der Waals surface area contributed by atoms with Gasteiger partial charge in [-0.2, -0.15) is 0 Å². The van der Waals surface area contributed by atoms with E-state index in [4.69, 9.17) is 4.98 Å². The van der Waals surface area contributed by atoms with E-state index in [2.05, 4.69) is 237 Å². The average Bonchev–Trinajstić information content (AvgIpc) is 3.70. The van der Waals surface area contributed by atoms with Crippen LogP contribution < -0.4 is 20.7 Å². The van der Waals surface area contributed by atoms with Crippen LogP contribution in [0.25, 0.3) is 71.3 Å². The molecule has 0 N–H and O–H groups in total. The molecule has 0 unspecified atom stereocenters. The Kier molecular flexibility index (Phi) is 9.06. The Hall–Kier alpha value is -7.33. The average molecular weight is 797 g/mol. The maximum absolute atomic E-state index is 4.99. The van der Waals surface area contributed by atoms with Crippen molar-refractivity contribution >= 4 is 72.2 Å². The molecule has 0 bridgehead atoms. The summed E-state index contributed by atoms with van der Waals surface area (Å²) in [6, 6.07) is 81.4. The largest absolute Gasteiger partial charge is 0.296 e. The van der Waals surface area contributed by atoms with Crippen molar-refractivity contribution in [3.05, 3.63) is 230 Å². The van der Waals surface area contributed by atoms with Crippen molar-refractivity contribution in [1.82, 2.24) is 9.55 Å². The van der Waals surface area contributed by atoms with Gasteiger partial charge in [0.1, 0.15) is 5.82 Å². The fourth-order valence-electron chi connectivity index (χ4n) is 9.99. The quantitative estimate of drug-likeness (QED) is 0.0851. The molecule has 1 aromatic heterocycles. The lowest BCUT2D eigenvalue weighted by molar-refractivity contribution is 0.909. The Balaban J connectivity index is 1.06. The zero-order valence-corrected chi connectivity index (χ0v) is 35.4. The first-order valence-electron chi connectivity index (χ1n) is 21.4. The third-order valence-corrected chi connectivity index (χ3v) is 17.5. The highest BCUT2D eigenvalue weighted by Gasteiger charge is 2.41. The Bertz CT molecular complexity index is 3230. The van der Waals surface area contributed by atoms with Crippen LogP contribution in [0.5, 0.6) is 0 Å². The molecule has 0 amide bonds. The van der Waals surface area contributed by atoms with Gasteiger partial charge in [-0.3, -0.25) is 4.57 Å². The first-order valence-corrected chi connectivity index (χ1v) is 23.4. The number of nitrogens with zero attached hydrogens (tertiary/aromatic N) is 2. The molecule has 290 valence electrons. The van der Waals surface area contributed by atoms with Gasteiger partial charge in [0.15, 0.2) is 8.07 Å². The maximum Gasteiger partial charge on any atom is 0.179 e. The number of hydrogen-bond donors (Lipinski definition) is 0. The predicted molar refractivity (Wildman–Crippen MR) is 262 cm³/mol. The second-order valence-electron chi connectivity index (χ2n) is 16.2. The minimum absolute atomic E-state index is 0.864. The van der Waals surface area contributed by atoms with E-state index in [0.29, 0.717) is 0 Å². The lowest BCUT2D eigenvalue weighted by Crippen LogP contribution is -2.74. The first-order chi connectivity index (χ1) is 30.1. The van der Waals surface area contributed by atoms with E-state index in [0.717, 1.165) is 29.0 Å². The molecule has 0 aliphatic rings. The highest BCUT2D eigenvalue weighted by molar-refractivity contribution is 7.19. The van der Waals surface area contributed by atoms with Crippen LogP contribution in [-0.2, 0) is 6.42 Å². The standard InChI is InChI=1S/C58H44N2Si/c1-3-56-59-54-36-27-40(2)37-55(54)60(56)45-33-30-42-38-44(29-28-43(42)39-45)58-52-25-15-13-23-50(52)57(51-24-14-16-26-53(51)58)41-31-34-49(35-32-41)61(46-17-7-4-8-18-46,47-19-9-5-10-20-47)48-21-11-6-12-22-48/h4-39H,3H2,1-2H3. The molecule has 0 saturated heterocycles. The van der Waals surface area contributed by atoms with Gasteiger partial charge in [0.25, 0.3) is 0 Å². The topological polar surface area (TPSA) is 17.8 Å². The van der Waals surface area contributed by atoms with E-state index in [1.165, 1.54) is 80.9 Å². The summed E-state index contributed by atoms with van der Waals surface area (Å²) in [5, 5.41) is 13.0. The zero-order chi connectivity index (χ0) is 40.9. The Morgan fingerprint density at radius 1 is 0.426 bits per heavy atom. The highest BCUT2D eigenvalue weighted by atomic mass is 28.3. The van der Waals surface area contributed by atoms with Crippen LogP contribution >= 0.6 is 0 Å². The second-order valence-corrected chi connectivity index (χ2v) is 20.0. The Morgan fingerprint density at radius 3 is 1.43 bits per heavy atom. The summed E-state index contributed by atoms with van der Waals surface area (Å²) in [6.45, 7) is 4.33. The molecule has 0 saturated carbocycles. The smallest absolute Gasteiger partial charge is 0.179 e. The molecular formula is C58H44N2Si. The molecule has 0 aliphatic heterocycles. The van der Waals surface area contributed by atoms with Crippen LogP contribution in [0.1, 0.15) is 18.3 Å². The Morgan fingerprint density at radius 2 is 0.885 bits per heavy atom. The van der Waals surface area contributed by atoms with Gasteiger partial charge in [-0.25, -0.2) is 4.98 Å². The highest BCUT2D eigenvalue weighted by Crippen LogP contribution is 2.44. The maximum atomic E-state index is 4.99. The van der Waals surface area contributed by atoms with Gasteiger partial charge in [0, 0.05) is 12.1 Å². The number of imidazole rings is 1. The van der Waals surface area contributed by atoms with Gasteiger partial charge in [-0.1, -0.05) is 195 Å². The summed E-state index contributed by atoms with van der Waals surface area (Å²) in [6.07, 6.45) is 0.864. The van der Waals surface area contributed by atoms with Gasteiger partial charge in [-0.15, -0.1) is 0 Å². The summed E-state index contributed by atoms with van der Waals surface area (Å²) in [5.74, 6) is 1.08.